The molecule has 1 aliphatic heterocycles. The summed E-state index contributed by atoms with van der Waals surface area (Å²) in [5, 5.41) is 19.2. The first-order valence-corrected chi connectivity index (χ1v) is 9.57. The molecular weight excluding hydrogens is 412 g/mol. The number of carbonyl (C=O) groups is 5. The van der Waals surface area contributed by atoms with E-state index in [0.29, 0.717) is 17.4 Å². The first-order chi connectivity index (χ1) is 14.2. The quantitative estimate of drug-likeness (QED) is 0.638. The average molecular weight is 428 g/mol. The number of thioether (sulfide) groups is 1. The Morgan fingerprint density at radius 2 is 1.80 bits per heavy atom. The summed E-state index contributed by atoms with van der Waals surface area (Å²) in [7, 11) is 0. The van der Waals surface area contributed by atoms with Crippen molar-refractivity contribution in [3.63, 3.8) is 0 Å². The third-order valence-corrected chi connectivity index (χ3v) is 5.36. The molecule has 3 N–H and O–H groups in total. The van der Waals surface area contributed by atoms with Crippen LogP contribution in [0, 0.1) is 6.92 Å². The first kappa shape index (κ1) is 21.1. The van der Waals surface area contributed by atoms with Crippen molar-refractivity contribution in [3.8, 4) is 0 Å². The maximum Gasteiger partial charge on any atom is 0.337 e. The number of nitrogens with zero attached hydrogens (tertiary/aromatic N) is 1. The van der Waals surface area contributed by atoms with Gasteiger partial charge in [0.25, 0.3) is 5.24 Å². The van der Waals surface area contributed by atoms with E-state index in [9.17, 15) is 29.1 Å². The van der Waals surface area contributed by atoms with E-state index in [2.05, 4.69) is 5.32 Å². The fraction of sp³-hybridized carbons (Fsp3) is 0.150. The Morgan fingerprint density at radius 3 is 2.43 bits per heavy atom. The number of nitrogens with one attached hydrogen (secondary N) is 1. The maximum absolute atomic E-state index is 12.7. The second-order valence-corrected chi connectivity index (χ2v) is 7.66. The summed E-state index contributed by atoms with van der Waals surface area (Å²) in [6, 6.07) is 10.0. The minimum atomic E-state index is -1.35. The third kappa shape index (κ3) is 4.33. The molecule has 3 amide bonds. The molecule has 1 saturated heterocycles. The number of hydrogen-bond acceptors (Lipinski definition) is 6. The highest BCUT2D eigenvalue weighted by Crippen LogP contribution is 2.34. The minimum absolute atomic E-state index is 0.204. The van der Waals surface area contributed by atoms with Gasteiger partial charge in [0.15, 0.2) is 0 Å². The van der Waals surface area contributed by atoms with Crippen molar-refractivity contribution in [1.29, 1.82) is 0 Å². The minimum Gasteiger partial charge on any atom is -0.478 e. The van der Waals surface area contributed by atoms with Gasteiger partial charge in [-0.2, -0.15) is 0 Å². The molecule has 1 atom stereocenters. The third-order valence-electron chi connectivity index (χ3n) is 4.32. The highest BCUT2D eigenvalue weighted by atomic mass is 32.2. The molecule has 2 aromatic carbocycles. The smallest absolute Gasteiger partial charge is 0.337 e. The Morgan fingerprint density at radius 1 is 1.07 bits per heavy atom. The van der Waals surface area contributed by atoms with E-state index in [1.807, 2.05) is 13.0 Å². The number of amides is 3. The molecule has 1 aliphatic rings. The first-order valence-electron chi connectivity index (χ1n) is 8.69. The van der Waals surface area contributed by atoms with Crippen LogP contribution in [0.25, 0.3) is 0 Å². The second-order valence-electron chi connectivity index (χ2n) is 6.51. The number of imide groups is 1. The summed E-state index contributed by atoms with van der Waals surface area (Å²) in [5.41, 5.74) is 0.560. The lowest BCUT2D eigenvalue weighted by Crippen LogP contribution is -2.33. The van der Waals surface area contributed by atoms with Gasteiger partial charge in [-0.15, -0.1) is 0 Å². The zero-order chi connectivity index (χ0) is 22.0. The van der Waals surface area contributed by atoms with Crippen LogP contribution in [-0.4, -0.2) is 44.5 Å². The van der Waals surface area contributed by atoms with Crippen LogP contribution in [0.3, 0.4) is 0 Å². The highest BCUT2D eigenvalue weighted by Gasteiger charge is 2.41. The summed E-state index contributed by atoms with van der Waals surface area (Å²) < 4.78 is 0. The average Bonchev–Trinajstić information content (AvgIpc) is 2.94. The van der Waals surface area contributed by atoms with E-state index in [1.165, 1.54) is 0 Å². The number of anilines is 2. The van der Waals surface area contributed by atoms with Gasteiger partial charge in [0, 0.05) is 6.42 Å². The lowest BCUT2D eigenvalue weighted by molar-refractivity contribution is -0.121. The Kier molecular flexibility index (Phi) is 5.88. The monoisotopic (exact) mass is 428 g/mol. The van der Waals surface area contributed by atoms with Crippen LogP contribution in [0.4, 0.5) is 16.2 Å². The molecule has 1 unspecified atom stereocenters. The predicted molar refractivity (Wildman–Crippen MR) is 109 cm³/mol. The van der Waals surface area contributed by atoms with Crippen LogP contribution < -0.4 is 10.2 Å². The molecule has 0 spiro atoms. The zero-order valence-electron chi connectivity index (χ0n) is 15.6. The number of carbonyl (C=O) groups excluding carboxylic acids is 3. The van der Waals surface area contributed by atoms with E-state index in [4.69, 9.17) is 5.11 Å². The van der Waals surface area contributed by atoms with Crippen LogP contribution >= 0.6 is 11.8 Å². The lowest BCUT2D eigenvalue weighted by Gasteiger charge is -2.14. The van der Waals surface area contributed by atoms with Gasteiger partial charge in [0.1, 0.15) is 5.25 Å². The van der Waals surface area contributed by atoms with Gasteiger partial charge >= 0.3 is 11.9 Å². The van der Waals surface area contributed by atoms with E-state index in [-0.39, 0.29) is 23.2 Å². The molecule has 0 saturated carbocycles. The molecule has 10 heteroatoms. The number of hydrogen-bond donors (Lipinski definition) is 3. The van der Waals surface area contributed by atoms with E-state index in [1.54, 1.807) is 18.2 Å². The summed E-state index contributed by atoms with van der Waals surface area (Å²) in [5.74, 6) is -3.91. The van der Waals surface area contributed by atoms with Crippen molar-refractivity contribution >= 4 is 52.1 Å². The van der Waals surface area contributed by atoms with Gasteiger partial charge in [-0.25, -0.2) is 14.5 Å². The lowest BCUT2D eigenvalue weighted by atomic mass is 10.1. The highest BCUT2D eigenvalue weighted by molar-refractivity contribution is 8.15. The summed E-state index contributed by atoms with van der Waals surface area (Å²) in [6.07, 6.45) is -0.381. The normalized spacial score (nSPS) is 15.9. The maximum atomic E-state index is 12.7. The van der Waals surface area contributed by atoms with Gasteiger partial charge in [-0.3, -0.25) is 14.4 Å². The van der Waals surface area contributed by atoms with Crippen molar-refractivity contribution in [2.45, 2.75) is 18.6 Å². The van der Waals surface area contributed by atoms with Crippen LogP contribution in [0.2, 0.25) is 0 Å². The Balaban J connectivity index is 1.76. The zero-order valence-corrected chi connectivity index (χ0v) is 16.4. The molecule has 1 fully saturated rings. The molecule has 30 heavy (non-hydrogen) atoms. The Hall–Kier alpha value is -3.66. The molecule has 9 nitrogen and oxygen atoms in total. The van der Waals surface area contributed by atoms with Crippen LogP contribution in [0.5, 0.6) is 0 Å². The number of aryl methyl sites for hydroxylation is 1. The number of carboxylic acid groups (broad SMARTS) is 2. The number of carboxylic acids is 2. The molecule has 1 heterocycles. The standard InChI is InChI=1S/C20H16N2O7S/c1-10-3-2-4-12(7-10)22-17(24)15(30-20(22)29)9-16(23)21-14-8-11(18(25)26)5-6-13(14)19(27)28/h2-8,15H,9H2,1H3,(H,21,23)(H,25,26)(H,27,28). The van der Waals surface area contributed by atoms with Gasteiger partial charge in [0.2, 0.25) is 11.8 Å². The van der Waals surface area contributed by atoms with Crippen molar-refractivity contribution in [3.05, 3.63) is 59.2 Å². The molecule has 154 valence electrons. The number of rotatable bonds is 6. The van der Waals surface area contributed by atoms with Crippen LogP contribution in [0.1, 0.15) is 32.7 Å². The fourth-order valence-electron chi connectivity index (χ4n) is 2.92. The summed E-state index contributed by atoms with van der Waals surface area (Å²) in [4.78, 5) is 60.9. The molecular formula is C20H16N2O7S. The second kappa shape index (κ2) is 8.37. The molecule has 3 rings (SSSR count). The summed E-state index contributed by atoms with van der Waals surface area (Å²) >= 11 is 0.706. The molecule has 0 aliphatic carbocycles. The van der Waals surface area contributed by atoms with E-state index < -0.39 is 34.2 Å². The largest absolute Gasteiger partial charge is 0.478 e. The van der Waals surface area contributed by atoms with Crippen LogP contribution in [-0.2, 0) is 9.59 Å². The van der Waals surface area contributed by atoms with Gasteiger partial charge < -0.3 is 15.5 Å². The summed E-state index contributed by atoms with van der Waals surface area (Å²) in [6.45, 7) is 1.82. The van der Waals surface area contributed by atoms with Gasteiger partial charge in [0.05, 0.1) is 22.5 Å². The fourth-order valence-corrected chi connectivity index (χ4v) is 3.91. The number of benzene rings is 2. The van der Waals surface area contributed by atoms with Crippen molar-refractivity contribution in [1.82, 2.24) is 0 Å². The Labute approximate surface area is 174 Å². The van der Waals surface area contributed by atoms with Crippen molar-refractivity contribution < 1.29 is 34.2 Å². The van der Waals surface area contributed by atoms with Gasteiger partial charge in [-0.1, -0.05) is 12.1 Å². The SMILES string of the molecule is Cc1cccc(N2C(=O)SC(CC(=O)Nc3cc(C(=O)O)ccc3C(=O)O)C2=O)c1. The van der Waals surface area contributed by atoms with Crippen molar-refractivity contribution in [2.24, 2.45) is 0 Å². The Bertz CT molecular complexity index is 1080. The molecule has 0 bridgehead atoms. The predicted octanol–water partition coefficient (Wildman–Crippen LogP) is 2.99. The van der Waals surface area contributed by atoms with E-state index in [0.717, 1.165) is 28.7 Å². The van der Waals surface area contributed by atoms with Crippen LogP contribution in [0.15, 0.2) is 42.5 Å². The van der Waals surface area contributed by atoms with E-state index >= 15 is 0 Å². The molecule has 0 radical (unpaired) electrons. The number of aromatic carboxylic acids is 2. The molecule has 0 aromatic heterocycles. The van der Waals surface area contributed by atoms with Gasteiger partial charge in [-0.05, 0) is 54.6 Å². The van der Waals surface area contributed by atoms with Crippen molar-refractivity contribution in [2.75, 3.05) is 10.2 Å². The topological polar surface area (TPSA) is 141 Å². The molecule has 2 aromatic rings.